The Morgan fingerprint density at radius 3 is 2.26 bits per heavy atom. The zero-order valence-electron chi connectivity index (χ0n) is 14.0. The van der Waals surface area contributed by atoms with E-state index in [1.165, 1.54) is 0 Å². The molecular weight excluding hydrogens is 316 g/mol. The van der Waals surface area contributed by atoms with Crippen LogP contribution in [0.25, 0.3) is 0 Å². The predicted octanol–water partition coefficient (Wildman–Crippen LogP) is -0.468. The van der Waals surface area contributed by atoms with E-state index in [1.807, 2.05) is 18.7 Å². The van der Waals surface area contributed by atoms with E-state index in [-0.39, 0.29) is 24.3 Å². The topological polar surface area (TPSA) is 64.2 Å². The number of amides is 3. The van der Waals surface area contributed by atoms with Crippen molar-refractivity contribution in [2.75, 3.05) is 64.0 Å². The number of rotatable bonds is 6. The number of likely N-dealkylation sites (N-methyl/N-ethyl adjacent to an activating group) is 1. The second kappa shape index (κ2) is 8.54. The molecule has 8 heteroatoms. The molecule has 7 nitrogen and oxygen atoms in total. The van der Waals surface area contributed by atoms with Gasteiger partial charge in [-0.2, -0.15) is 0 Å². The van der Waals surface area contributed by atoms with Crippen LogP contribution in [0.5, 0.6) is 0 Å². The number of hydrogen-bond donors (Lipinski definition) is 0. The second-order valence-corrected chi connectivity index (χ2v) is 6.75. The Morgan fingerprint density at radius 2 is 1.74 bits per heavy atom. The van der Waals surface area contributed by atoms with Crippen LogP contribution in [0.4, 0.5) is 0 Å². The lowest BCUT2D eigenvalue weighted by molar-refractivity contribution is -0.139. The largest absolute Gasteiger partial charge is 0.342 e. The summed E-state index contributed by atoms with van der Waals surface area (Å²) in [5, 5.41) is 0. The fourth-order valence-corrected chi connectivity index (χ4v) is 3.73. The molecule has 0 radical (unpaired) electrons. The Balaban J connectivity index is 1.74. The van der Waals surface area contributed by atoms with Crippen LogP contribution in [-0.2, 0) is 14.4 Å². The fourth-order valence-electron chi connectivity index (χ4n) is 2.83. The molecule has 130 valence electrons. The maximum Gasteiger partial charge on any atom is 0.242 e. The molecule has 0 spiro atoms. The Hall–Kier alpha value is -1.28. The van der Waals surface area contributed by atoms with Gasteiger partial charge in [0.1, 0.15) is 6.54 Å². The van der Waals surface area contributed by atoms with Crippen LogP contribution >= 0.6 is 11.8 Å². The van der Waals surface area contributed by atoms with E-state index in [0.29, 0.717) is 44.4 Å². The first-order valence-corrected chi connectivity index (χ1v) is 9.34. The molecule has 0 aromatic carbocycles. The average molecular weight is 342 g/mol. The molecule has 0 N–H and O–H groups in total. The number of piperazine rings is 1. The highest BCUT2D eigenvalue weighted by molar-refractivity contribution is 8.00. The summed E-state index contributed by atoms with van der Waals surface area (Å²) in [5.74, 6) is 1.30. The van der Waals surface area contributed by atoms with Crippen LogP contribution in [0.2, 0.25) is 0 Å². The smallest absolute Gasteiger partial charge is 0.242 e. The van der Waals surface area contributed by atoms with Crippen molar-refractivity contribution in [1.29, 1.82) is 0 Å². The first-order chi connectivity index (χ1) is 11.0. The third-order valence-corrected chi connectivity index (χ3v) is 5.30. The number of carbonyl (C=O) groups is 3. The summed E-state index contributed by atoms with van der Waals surface area (Å²) in [7, 11) is 0. The van der Waals surface area contributed by atoms with Crippen LogP contribution in [-0.4, -0.2) is 101 Å². The van der Waals surface area contributed by atoms with Gasteiger partial charge in [0.2, 0.25) is 17.7 Å². The van der Waals surface area contributed by atoms with Gasteiger partial charge in [0.25, 0.3) is 0 Å². The number of carbonyl (C=O) groups excluding carboxylic acids is 3. The number of nitrogens with zero attached hydrogens (tertiary/aromatic N) is 4. The highest BCUT2D eigenvalue weighted by Crippen LogP contribution is 2.15. The van der Waals surface area contributed by atoms with Crippen molar-refractivity contribution in [3.63, 3.8) is 0 Å². The van der Waals surface area contributed by atoms with Gasteiger partial charge in [0, 0.05) is 39.3 Å². The van der Waals surface area contributed by atoms with Crippen LogP contribution in [0, 0.1) is 0 Å². The molecular formula is C15H26N4O3S. The molecule has 0 aromatic rings. The summed E-state index contributed by atoms with van der Waals surface area (Å²) in [4.78, 5) is 43.3. The molecule has 0 aliphatic carbocycles. The monoisotopic (exact) mass is 342 g/mol. The first kappa shape index (κ1) is 18.1. The average Bonchev–Trinajstić information content (AvgIpc) is 2.94. The molecule has 0 bridgehead atoms. The van der Waals surface area contributed by atoms with E-state index in [2.05, 4.69) is 4.90 Å². The Labute approximate surface area is 141 Å². The van der Waals surface area contributed by atoms with E-state index in [1.54, 1.807) is 21.6 Å². The number of thioether (sulfide) groups is 1. The van der Waals surface area contributed by atoms with Gasteiger partial charge in [-0.3, -0.25) is 19.3 Å². The molecule has 2 aliphatic heterocycles. The van der Waals surface area contributed by atoms with Gasteiger partial charge in [-0.1, -0.05) is 0 Å². The Bertz CT molecular complexity index is 448. The minimum atomic E-state index is 0.00979. The zero-order valence-corrected chi connectivity index (χ0v) is 14.8. The van der Waals surface area contributed by atoms with Gasteiger partial charge in [-0.25, -0.2) is 0 Å². The Morgan fingerprint density at radius 1 is 1.09 bits per heavy atom. The summed E-state index contributed by atoms with van der Waals surface area (Å²) in [6.07, 6.45) is 0. The minimum Gasteiger partial charge on any atom is -0.342 e. The molecule has 23 heavy (non-hydrogen) atoms. The van der Waals surface area contributed by atoms with Gasteiger partial charge < -0.3 is 14.7 Å². The van der Waals surface area contributed by atoms with Gasteiger partial charge in [0.05, 0.1) is 18.2 Å². The summed E-state index contributed by atoms with van der Waals surface area (Å²) >= 11 is 1.55. The minimum absolute atomic E-state index is 0.00979. The standard InChI is InChI=1S/C15H26N4O3S/c1-3-17(4-2)13(20)9-16-5-7-18(8-6-16)14(21)10-19-12-23-11-15(19)22/h3-12H2,1-2H3. The maximum atomic E-state index is 12.3. The first-order valence-electron chi connectivity index (χ1n) is 8.18. The van der Waals surface area contributed by atoms with Gasteiger partial charge >= 0.3 is 0 Å². The van der Waals surface area contributed by atoms with Crippen LogP contribution in [0.3, 0.4) is 0 Å². The molecule has 0 atom stereocenters. The lowest BCUT2D eigenvalue weighted by Crippen LogP contribution is -2.53. The van der Waals surface area contributed by atoms with Gasteiger partial charge in [0.15, 0.2) is 0 Å². The van der Waals surface area contributed by atoms with E-state index < -0.39 is 0 Å². The predicted molar refractivity (Wildman–Crippen MR) is 90.0 cm³/mol. The highest BCUT2D eigenvalue weighted by atomic mass is 32.2. The molecule has 0 aromatic heterocycles. The third-order valence-electron chi connectivity index (χ3n) is 4.35. The quantitative estimate of drug-likeness (QED) is 0.653. The molecule has 2 aliphatic rings. The summed E-state index contributed by atoms with van der Waals surface area (Å²) in [6.45, 7) is 8.70. The molecule has 0 saturated carbocycles. The maximum absolute atomic E-state index is 12.3. The zero-order chi connectivity index (χ0) is 16.8. The second-order valence-electron chi connectivity index (χ2n) is 5.79. The fraction of sp³-hybridized carbons (Fsp3) is 0.800. The lowest BCUT2D eigenvalue weighted by atomic mass is 10.3. The van der Waals surface area contributed by atoms with E-state index >= 15 is 0 Å². The normalized spacial score (nSPS) is 19.3. The van der Waals surface area contributed by atoms with Crippen molar-refractivity contribution in [1.82, 2.24) is 19.6 Å². The summed E-state index contributed by atoms with van der Waals surface area (Å²) in [5.41, 5.74) is 0. The van der Waals surface area contributed by atoms with Crippen molar-refractivity contribution >= 4 is 29.5 Å². The SMILES string of the molecule is CCN(CC)C(=O)CN1CCN(C(=O)CN2CSCC2=O)CC1. The molecule has 2 fully saturated rings. The van der Waals surface area contributed by atoms with E-state index in [0.717, 1.165) is 13.1 Å². The molecule has 2 saturated heterocycles. The van der Waals surface area contributed by atoms with Crippen molar-refractivity contribution < 1.29 is 14.4 Å². The molecule has 3 amide bonds. The van der Waals surface area contributed by atoms with Crippen molar-refractivity contribution in [3.8, 4) is 0 Å². The molecule has 2 heterocycles. The highest BCUT2D eigenvalue weighted by Gasteiger charge is 2.28. The summed E-state index contributed by atoms with van der Waals surface area (Å²) in [6, 6.07) is 0. The van der Waals surface area contributed by atoms with Crippen LogP contribution in [0.1, 0.15) is 13.8 Å². The molecule has 0 unspecified atom stereocenters. The van der Waals surface area contributed by atoms with Crippen molar-refractivity contribution in [2.24, 2.45) is 0 Å². The molecule has 2 rings (SSSR count). The Kier molecular flexibility index (Phi) is 6.71. The van der Waals surface area contributed by atoms with Gasteiger partial charge in [-0.05, 0) is 13.8 Å². The summed E-state index contributed by atoms with van der Waals surface area (Å²) < 4.78 is 0. The van der Waals surface area contributed by atoms with Gasteiger partial charge in [-0.15, -0.1) is 11.8 Å². The number of hydrogen-bond acceptors (Lipinski definition) is 5. The van der Waals surface area contributed by atoms with Crippen LogP contribution in [0.15, 0.2) is 0 Å². The van der Waals surface area contributed by atoms with E-state index in [4.69, 9.17) is 0 Å². The van der Waals surface area contributed by atoms with Crippen molar-refractivity contribution in [3.05, 3.63) is 0 Å². The third kappa shape index (κ3) is 4.84. The van der Waals surface area contributed by atoms with E-state index in [9.17, 15) is 14.4 Å². The van der Waals surface area contributed by atoms with Crippen molar-refractivity contribution in [2.45, 2.75) is 13.8 Å². The lowest BCUT2D eigenvalue weighted by Gasteiger charge is -2.35. The van der Waals surface area contributed by atoms with Crippen LogP contribution < -0.4 is 0 Å².